The molecular formula is C14H16N8. The van der Waals surface area contributed by atoms with E-state index in [0.29, 0.717) is 23.7 Å². The first-order valence-corrected chi connectivity index (χ1v) is 6.64. The summed E-state index contributed by atoms with van der Waals surface area (Å²) in [6, 6.07) is 7.38. The van der Waals surface area contributed by atoms with Crippen LogP contribution in [0.25, 0.3) is 5.82 Å². The molecular weight excluding hydrogens is 280 g/mol. The number of hydrogen-bond donors (Lipinski definition) is 4. The molecule has 8 heteroatoms. The minimum atomic E-state index is 0.356. The van der Waals surface area contributed by atoms with Gasteiger partial charge in [-0.1, -0.05) is 6.07 Å². The van der Waals surface area contributed by atoms with Crippen molar-refractivity contribution in [3.63, 3.8) is 0 Å². The van der Waals surface area contributed by atoms with Crippen molar-refractivity contribution in [2.75, 3.05) is 16.9 Å². The maximum atomic E-state index is 6.03. The molecule has 0 amide bonds. The molecule has 3 heterocycles. The lowest BCUT2D eigenvalue weighted by molar-refractivity contribution is 0.846. The van der Waals surface area contributed by atoms with Crippen LogP contribution >= 0.6 is 0 Å². The molecule has 0 bridgehead atoms. The Labute approximate surface area is 126 Å². The van der Waals surface area contributed by atoms with Gasteiger partial charge in [0.2, 0.25) is 0 Å². The van der Waals surface area contributed by atoms with Crippen LogP contribution in [0.2, 0.25) is 0 Å². The lowest BCUT2D eigenvalue weighted by Crippen LogP contribution is -2.13. The van der Waals surface area contributed by atoms with Crippen LogP contribution in [0.4, 0.5) is 17.3 Å². The summed E-state index contributed by atoms with van der Waals surface area (Å²) in [4.78, 5) is 8.28. The van der Waals surface area contributed by atoms with Gasteiger partial charge in [-0.3, -0.25) is 0 Å². The van der Waals surface area contributed by atoms with Crippen molar-refractivity contribution in [1.82, 2.24) is 19.7 Å². The van der Waals surface area contributed by atoms with E-state index < -0.39 is 0 Å². The molecule has 8 nitrogen and oxygen atoms in total. The maximum Gasteiger partial charge on any atom is 0.165 e. The highest BCUT2D eigenvalue weighted by Gasteiger charge is 2.10. The molecule has 112 valence electrons. The smallest absolute Gasteiger partial charge is 0.165 e. The van der Waals surface area contributed by atoms with Crippen LogP contribution in [0.1, 0.15) is 11.1 Å². The van der Waals surface area contributed by atoms with Gasteiger partial charge in [-0.25, -0.2) is 20.5 Å². The Hall–Kier alpha value is -3.13. The van der Waals surface area contributed by atoms with Gasteiger partial charge >= 0.3 is 0 Å². The summed E-state index contributed by atoms with van der Waals surface area (Å²) in [5.41, 5.74) is 16.5. The number of nitrogens with zero attached hydrogens (tertiary/aromatic N) is 4. The molecule has 22 heavy (non-hydrogen) atoms. The maximum absolute atomic E-state index is 6.03. The van der Waals surface area contributed by atoms with Crippen LogP contribution in [0.3, 0.4) is 0 Å². The summed E-state index contributed by atoms with van der Waals surface area (Å²) in [5.74, 6) is 6.86. The van der Waals surface area contributed by atoms with E-state index >= 15 is 0 Å². The summed E-state index contributed by atoms with van der Waals surface area (Å²) >= 11 is 0. The number of rotatable bonds is 4. The third-order valence-corrected chi connectivity index (χ3v) is 3.22. The molecule has 0 aliphatic carbocycles. The van der Waals surface area contributed by atoms with E-state index in [1.807, 2.05) is 24.4 Å². The first-order valence-electron chi connectivity index (χ1n) is 6.64. The van der Waals surface area contributed by atoms with Crippen LogP contribution < -0.4 is 22.7 Å². The van der Waals surface area contributed by atoms with Crippen LogP contribution in [0, 0.1) is 0 Å². The van der Waals surface area contributed by atoms with Crippen LogP contribution in [-0.2, 0) is 6.42 Å². The summed E-state index contributed by atoms with van der Waals surface area (Å²) in [7, 11) is 0. The van der Waals surface area contributed by atoms with Gasteiger partial charge in [0.25, 0.3) is 0 Å². The number of hydrazine groups is 1. The van der Waals surface area contributed by atoms with Gasteiger partial charge in [0.05, 0.1) is 11.9 Å². The van der Waals surface area contributed by atoms with Gasteiger partial charge in [-0.15, -0.1) is 0 Å². The molecule has 0 aliphatic rings. The van der Waals surface area contributed by atoms with E-state index in [1.165, 1.54) is 0 Å². The predicted octanol–water partition coefficient (Wildman–Crippen LogP) is 0.703. The lowest BCUT2D eigenvalue weighted by Gasteiger charge is -2.10. The molecule has 0 fully saturated rings. The molecule has 0 aromatic carbocycles. The number of nitrogens with one attached hydrogen (secondary N) is 1. The fourth-order valence-electron chi connectivity index (χ4n) is 2.17. The van der Waals surface area contributed by atoms with Gasteiger partial charge in [-0.2, -0.15) is 5.10 Å². The molecule has 0 unspecified atom stereocenters. The Morgan fingerprint density at radius 2 is 2.09 bits per heavy atom. The average Bonchev–Trinajstić information content (AvgIpc) is 3.00. The number of nitrogen functional groups attached to an aromatic ring is 3. The largest absolute Gasteiger partial charge is 0.395 e. The first-order chi connectivity index (χ1) is 10.7. The van der Waals surface area contributed by atoms with Crippen molar-refractivity contribution in [2.45, 2.75) is 6.42 Å². The molecule has 0 spiro atoms. The highest BCUT2D eigenvalue weighted by molar-refractivity contribution is 5.68. The summed E-state index contributed by atoms with van der Waals surface area (Å²) < 4.78 is 1.71. The predicted molar refractivity (Wildman–Crippen MR) is 85.0 cm³/mol. The first kappa shape index (κ1) is 13.8. The Morgan fingerprint density at radius 1 is 1.23 bits per heavy atom. The second-order valence-corrected chi connectivity index (χ2v) is 4.77. The SMILES string of the molecule is NNc1nc(N)cc(Cc2cnn(-c3ccccn3)c2)c1N. The van der Waals surface area contributed by atoms with E-state index in [4.69, 9.17) is 17.3 Å². The second kappa shape index (κ2) is 5.70. The molecule has 0 radical (unpaired) electrons. The van der Waals surface area contributed by atoms with Crippen molar-refractivity contribution in [1.29, 1.82) is 0 Å². The van der Waals surface area contributed by atoms with Crippen molar-refractivity contribution in [2.24, 2.45) is 5.84 Å². The summed E-state index contributed by atoms with van der Waals surface area (Å²) in [6.07, 6.45) is 5.95. The highest BCUT2D eigenvalue weighted by Crippen LogP contribution is 2.24. The fourth-order valence-corrected chi connectivity index (χ4v) is 2.17. The molecule has 3 aromatic heterocycles. The second-order valence-electron chi connectivity index (χ2n) is 4.77. The minimum Gasteiger partial charge on any atom is -0.395 e. The van der Waals surface area contributed by atoms with Crippen molar-refractivity contribution >= 4 is 17.3 Å². The molecule has 3 aromatic rings. The van der Waals surface area contributed by atoms with Gasteiger partial charge in [0, 0.05) is 18.8 Å². The number of pyridine rings is 2. The zero-order chi connectivity index (χ0) is 15.5. The van der Waals surface area contributed by atoms with E-state index in [-0.39, 0.29) is 0 Å². The number of hydrogen-bond acceptors (Lipinski definition) is 7. The van der Waals surface area contributed by atoms with Gasteiger partial charge in [-0.05, 0) is 29.3 Å². The normalized spacial score (nSPS) is 10.6. The van der Waals surface area contributed by atoms with E-state index in [9.17, 15) is 0 Å². The average molecular weight is 296 g/mol. The van der Waals surface area contributed by atoms with E-state index in [0.717, 1.165) is 16.9 Å². The molecule has 0 saturated heterocycles. The standard InChI is InChI=1S/C14H16N8/c15-11-6-10(13(16)14(20-11)21-17)5-9-7-19-22(8-9)12-3-1-2-4-18-12/h1-4,6-8H,5,16-17H2,(H3,15,20,21). The Bertz CT molecular complexity index is 781. The third-order valence-electron chi connectivity index (χ3n) is 3.22. The fraction of sp³-hybridized carbons (Fsp3) is 0.0714. The van der Waals surface area contributed by atoms with Crippen LogP contribution in [0.5, 0.6) is 0 Å². The Morgan fingerprint density at radius 3 is 2.82 bits per heavy atom. The molecule has 3 rings (SSSR count). The van der Waals surface area contributed by atoms with Crippen LogP contribution in [0.15, 0.2) is 42.9 Å². The third kappa shape index (κ3) is 2.67. The van der Waals surface area contributed by atoms with Crippen LogP contribution in [-0.4, -0.2) is 19.7 Å². The quantitative estimate of drug-likeness (QED) is 0.411. The summed E-state index contributed by atoms with van der Waals surface area (Å²) in [6.45, 7) is 0. The molecule has 0 atom stereocenters. The number of nitrogens with two attached hydrogens (primary N) is 3. The lowest BCUT2D eigenvalue weighted by atomic mass is 10.1. The highest BCUT2D eigenvalue weighted by atomic mass is 15.3. The number of anilines is 3. The minimum absolute atomic E-state index is 0.356. The van der Waals surface area contributed by atoms with Gasteiger partial charge in [0.1, 0.15) is 5.82 Å². The van der Waals surface area contributed by atoms with E-state index in [1.54, 1.807) is 23.1 Å². The molecule has 0 saturated carbocycles. The zero-order valence-corrected chi connectivity index (χ0v) is 11.8. The van der Waals surface area contributed by atoms with Crippen molar-refractivity contribution in [3.8, 4) is 5.82 Å². The van der Waals surface area contributed by atoms with Crippen molar-refractivity contribution < 1.29 is 0 Å². The van der Waals surface area contributed by atoms with Crippen molar-refractivity contribution in [3.05, 3.63) is 54.0 Å². The van der Waals surface area contributed by atoms with Gasteiger partial charge < -0.3 is 16.9 Å². The monoisotopic (exact) mass is 296 g/mol. The zero-order valence-electron chi connectivity index (χ0n) is 11.8. The Balaban J connectivity index is 1.89. The Kier molecular flexibility index (Phi) is 3.58. The number of aromatic nitrogens is 4. The van der Waals surface area contributed by atoms with E-state index in [2.05, 4.69) is 20.5 Å². The van der Waals surface area contributed by atoms with Gasteiger partial charge in [0.15, 0.2) is 11.6 Å². The molecule has 0 aliphatic heterocycles. The molecule has 7 N–H and O–H groups in total. The summed E-state index contributed by atoms with van der Waals surface area (Å²) in [5, 5.41) is 4.30. The topological polar surface area (TPSA) is 134 Å².